The van der Waals surface area contributed by atoms with Crippen molar-refractivity contribution in [2.24, 2.45) is 0 Å². The standard InChI is InChI=1S/C18H22N4O3/c1-2-15-14(11-19-22(15)12-13-7-4-3-5-8-13)17(23)20-21-18(24)16-9-6-10-25-16/h3-5,7-8,11,16H,2,6,9-10,12H2,1H3,(H,20,23)(H,21,24). The van der Waals surface area contributed by atoms with Crippen molar-refractivity contribution in [1.82, 2.24) is 20.6 Å². The van der Waals surface area contributed by atoms with E-state index in [-0.39, 0.29) is 11.8 Å². The fourth-order valence-electron chi connectivity index (χ4n) is 2.92. The molecule has 1 aromatic carbocycles. The number of hydrogen-bond acceptors (Lipinski definition) is 4. The molecule has 3 rings (SSSR count). The summed E-state index contributed by atoms with van der Waals surface area (Å²) >= 11 is 0. The van der Waals surface area contributed by atoms with E-state index in [0.29, 0.717) is 31.6 Å². The van der Waals surface area contributed by atoms with Crippen LogP contribution in [0.25, 0.3) is 0 Å². The lowest BCUT2D eigenvalue weighted by atomic mass is 10.2. The molecule has 1 saturated heterocycles. The Labute approximate surface area is 146 Å². The van der Waals surface area contributed by atoms with E-state index in [1.54, 1.807) is 0 Å². The van der Waals surface area contributed by atoms with E-state index in [0.717, 1.165) is 17.7 Å². The van der Waals surface area contributed by atoms with Crippen LogP contribution in [0.3, 0.4) is 0 Å². The number of aromatic nitrogens is 2. The normalized spacial score (nSPS) is 16.6. The average Bonchev–Trinajstić information content (AvgIpc) is 3.30. The highest BCUT2D eigenvalue weighted by Gasteiger charge is 2.24. The number of ether oxygens (including phenoxy) is 1. The van der Waals surface area contributed by atoms with Crippen molar-refractivity contribution in [3.8, 4) is 0 Å². The van der Waals surface area contributed by atoms with Gasteiger partial charge in [0.1, 0.15) is 6.10 Å². The summed E-state index contributed by atoms with van der Waals surface area (Å²) in [6, 6.07) is 9.94. The molecular formula is C18H22N4O3. The van der Waals surface area contributed by atoms with Gasteiger partial charge in [-0.05, 0) is 24.8 Å². The third-order valence-corrected chi connectivity index (χ3v) is 4.22. The number of amides is 2. The van der Waals surface area contributed by atoms with Gasteiger partial charge >= 0.3 is 0 Å². The Bertz CT molecular complexity index is 736. The summed E-state index contributed by atoms with van der Waals surface area (Å²) in [6.07, 6.45) is 3.26. The lowest BCUT2D eigenvalue weighted by Crippen LogP contribution is -2.46. The van der Waals surface area contributed by atoms with Crippen molar-refractivity contribution in [3.63, 3.8) is 0 Å². The van der Waals surface area contributed by atoms with Crippen LogP contribution in [-0.2, 0) is 22.5 Å². The highest BCUT2D eigenvalue weighted by molar-refractivity contribution is 5.96. The third kappa shape index (κ3) is 4.06. The first-order valence-electron chi connectivity index (χ1n) is 8.49. The maximum atomic E-state index is 12.4. The van der Waals surface area contributed by atoms with Crippen LogP contribution < -0.4 is 10.9 Å². The second-order valence-electron chi connectivity index (χ2n) is 5.95. The van der Waals surface area contributed by atoms with Gasteiger partial charge in [-0.15, -0.1) is 0 Å². The summed E-state index contributed by atoms with van der Waals surface area (Å²) in [7, 11) is 0. The highest BCUT2D eigenvalue weighted by Crippen LogP contribution is 2.13. The molecule has 7 nitrogen and oxygen atoms in total. The molecule has 0 bridgehead atoms. The number of carbonyl (C=O) groups is 2. The maximum Gasteiger partial charge on any atom is 0.273 e. The first-order valence-corrected chi connectivity index (χ1v) is 8.49. The van der Waals surface area contributed by atoms with Gasteiger partial charge in [0.2, 0.25) is 0 Å². The van der Waals surface area contributed by atoms with Gasteiger partial charge in [-0.2, -0.15) is 5.10 Å². The molecule has 0 spiro atoms. The van der Waals surface area contributed by atoms with Crippen LogP contribution in [0.4, 0.5) is 0 Å². The molecule has 1 unspecified atom stereocenters. The minimum atomic E-state index is -0.480. The number of rotatable bonds is 5. The molecule has 7 heteroatoms. The van der Waals surface area contributed by atoms with Gasteiger partial charge in [0, 0.05) is 6.61 Å². The Balaban J connectivity index is 1.65. The highest BCUT2D eigenvalue weighted by atomic mass is 16.5. The van der Waals surface area contributed by atoms with E-state index in [2.05, 4.69) is 16.0 Å². The molecule has 1 aliphatic rings. The molecular weight excluding hydrogens is 320 g/mol. The molecule has 132 valence electrons. The minimum Gasteiger partial charge on any atom is -0.368 e. The van der Waals surface area contributed by atoms with E-state index in [1.165, 1.54) is 6.20 Å². The summed E-state index contributed by atoms with van der Waals surface area (Å²) in [6.45, 7) is 3.15. The topological polar surface area (TPSA) is 85.2 Å². The number of carbonyl (C=O) groups excluding carboxylic acids is 2. The van der Waals surface area contributed by atoms with Gasteiger partial charge < -0.3 is 4.74 Å². The molecule has 0 aliphatic carbocycles. The van der Waals surface area contributed by atoms with E-state index < -0.39 is 6.10 Å². The molecule has 1 fully saturated rings. The minimum absolute atomic E-state index is 0.319. The first-order chi connectivity index (χ1) is 12.2. The summed E-state index contributed by atoms with van der Waals surface area (Å²) in [5.74, 6) is -0.692. The Morgan fingerprint density at radius 3 is 2.76 bits per heavy atom. The zero-order valence-corrected chi connectivity index (χ0v) is 14.2. The predicted octanol–water partition coefficient (Wildman–Crippen LogP) is 1.43. The van der Waals surface area contributed by atoms with Crippen LogP contribution in [0, 0.1) is 0 Å². The molecule has 2 N–H and O–H groups in total. The Hall–Kier alpha value is -2.67. The van der Waals surface area contributed by atoms with Crippen molar-refractivity contribution >= 4 is 11.8 Å². The molecule has 1 aromatic heterocycles. The van der Waals surface area contributed by atoms with Gasteiger partial charge in [-0.25, -0.2) is 0 Å². The fraction of sp³-hybridized carbons (Fsp3) is 0.389. The summed E-state index contributed by atoms with van der Waals surface area (Å²) in [4.78, 5) is 24.3. The van der Waals surface area contributed by atoms with Crippen molar-refractivity contribution in [3.05, 3.63) is 53.3 Å². The largest absolute Gasteiger partial charge is 0.368 e. The lowest BCUT2D eigenvalue weighted by Gasteiger charge is -2.12. The van der Waals surface area contributed by atoms with E-state index in [1.807, 2.05) is 41.9 Å². The second-order valence-corrected chi connectivity index (χ2v) is 5.95. The molecule has 2 aromatic rings. The van der Waals surface area contributed by atoms with E-state index >= 15 is 0 Å². The molecule has 0 saturated carbocycles. The number of hydrazine groups is 1. The number of nitrogens with zero attached hydrogens (tertiary/aromatic N) is 2. The van der Waals surface area contributed by atoms with Crippen LogP contribution in [0.15, 0.2) is 36.5 Å². The summed E-state index contributed by atoms with van der Waals surface area (Å²) in [5, 5.41) is 4.33. The van der Waals surface area contributed by atoms with Crippen molar-refractivity contribution in [1.29, 1.82) is 0 Å². The van der Waals surface area contributed by atoms with Gasteiger partial charge in [0.05, 0.1) is 24.0 Å². The first kappa shape index (κ1) is 17.2. The number of hydrogen-bond donors (Lipinski definition) is 2. The lowest BCUT2D eigenvalue weighted by molar-refractivity contribution is -0.130. The molecule has 2 heterocycles. The fourth-order valence-corrected chi connectivity index (χ4v) is 2.92. The monoisotopic (exact) mass is 342 g/mol. The Kier molecular flexibility index (Phi) is 5.45. The van der Waals surface area contributed by atoms with E-state index in [9.17, 15) is 9.59 Å². The SMILES string of the molecule is CCc1c(C(=O)NNC(=O)C2CCCO2)cnn1Cc1ccccc1. The number of nitrogens with one attached hydrogen (secondary N) is 2. The molecule has 25 heavy (non-hydrogen) atoms. The van der Waals surface area contributed by atoms with Crippen LogP contribution in [0.2, 0.25) is 0 Å². The second kappa shape index (κ2) is 7.94. The van der Waals surface area contributed by atoms with Crippen LogP contribution >= 0.6 is 0 Å². The smallest absolute Gasteiger partial charge is 0.273 e. The Morgan fingerprint density at radius 2 is 2.08 bits per heavy atom. The summed E-state index contributed by atoms with van der Waals surface area (Å²) in [5.41, 5.74) is 7.29. The Morgan fingerprint density at radius 1 is 1.28 bits per heavy atom. The third-order valence-electron chi connectivity index (χ3n) is 4.22. The van der Waals surface area contributed by atoms with Crippen molar-refractivity contribution < 1.29 is 14.3 Å². The van der Waals surface area contributed by atoms with Gasteiger partial charge in [0.25, 0.3) is 11.8 Å². The summed E-state index contributed by atoms with van der Waals surface area (Å²) < 4.78 is 7.10. The average molecular weight is 342 g/mol. The quantitative estimate of drug-likeness (QED) is 0.805. The molecule has 0 radical (unpaired) electrons. The van der Waals surface area contributed by atoms with E-state index in [4.69, 9.17) is 4.74 Å². The molecule has 1 aliphatic heterocycles. The van der Waals surface area contributed by atoms with Crippen LogP contribution in [-0.4, -0.2) is 34.3 Å². The van der Waals surface area contributed by atoms with Crippen molar-refractivity contribution in [2.45, 2.75) is 38.8 Å². The molecule has 1 atom stereocenters. The van der Waals surface area contributed by atoms with Crippen LogP contribution in [0.5, 0.6) is 0 Å². The van der Waals surface area contributed by atoms with Gasteiger partial charge in [-0.1, -0.05) is 37.3 Å². The van der Waals surface area contributed by atoms with Crippen molar-refractivity contribution in [2.75, 3.05) is 6.61 Å². The maximum absolute atomic E-state index is 12.4. The van der Waals surface area contributed by atoms with Gasteiger partial charge in [-0.3, -0.25) is 25.1 Å². The zero-order valence-electron chi connectivity index (χ0n) is 14.2. The molecule has 2 amide bonds. The van der Waals surface area contributed by atoms with Gasteiger partial charge in [0.15, 0.2) is 0 Å². The zero-order chi connectivity index (χ0) is 17.6. The predicted molar refractivity (Wildman–Crippen MR) is 91.7 cm³/mol. The number of benzene rings is 1. The van der Waals surface area contributed by atoms with Crippen LogP contribution in [0.1, 0.15) is 41.4 Å².